The standard InChI is InChI=1S/C14H20N4S/c15-6-11-2-1-4-18(8-11)9-13-7-16-17-14(13)12-3-5-19-10-12/h3,5,7,10-11H,1-2,4,6,8-9,15H2,(H,16,17). The van der Waals surface area contributed by atoms with Crippen LogP contribution < -0.4 is 5.73 Å². The minimum atomic E-state index is 0.658. The first-order chi connectivity index (χ1) is 9.36. The van der Waals surface area contributed by atoms with Gasteiger partial charge >= 0.3 is 0 Å². The molecule has 1 unspecified atom stereocenters. The van der Waals surface area contributed by atoms with E-state index in [2.05, 4.69) is 31.9 Å². The van der Waals surface area contributed by atoms with E-state index >= 15 is 0 Å². The number of nitrogens with one attached hydrogen (secondary N) is 1. The Bertz CT molecular complexity index is 505. The number of rotatable bonds is 4. The molecule has 2 aromatic rings. The van der Waals surface area contributed by atoms with Crippen molar-refractivity contribution in [2.75, 3.05) is 19.6 Å². The predicted octanol–water partition coefficient (Wildman–Crippen LogP) is 2.31. The Balaban J connectivity index is 1.72. The number of nitrogens with zero attached hydrogens (tertiary/aromatic N) is 2. The van der Waals surface area contributed by atoms with Gasteiger partial charge in [0.05, 0.1) is 11.9 Å². The van der Waals surface area contributed by atoms with Crippen molar-refractivity contribution in [2.45, 2.75) is 19.4 Å². The first-order valence-corrected chi connectivity index (χ1v) is 7.78. The van der Waals surface area contributed by atoms with Gasteiger partial charge in [0, 0.05) is 29.6 Å². The molecule has 0 amide bonds. The SMILES string of the molecule is NCC1CCCN(Cc2cn[nH]c2-c2ccsc2)C1. The van der Waals surface area contributed by atoms with Crippen molar-refractivity contribution < 1.29 is 0 Å². The summed E-state index contributed by atoms with van der Waals surface area (Å²) in [6.07, 6.45) is 4.49. The lowest BCUT2D eigenvalue weighted by atomic mass is 9.98. The molecule has 19 heavy (non-hydrogen) atoms. The van der Waals surface area contributed by atoms with Crippen molar-refractivity contribution in [3.05, 3.63) is 28.6 Å². The van der Waals surface area contributed by atoms with Crippen molar-refractivity contribution in [1.82, 2.24) is 15.1 Å². The molecule has 2 aromatic heterocycles. The molecule has 0 bridgehead atoms. The molecule has 0 aliphatic carbocycles. The highest BCUT2D eigenvalue weighted by Gasteiger charge is 2.20. The summed E-state index contributed by atoms with van der Waals surface area (Å²) in [5.74, 6) is 0.658. The van der Waals surface area contributed by atoms with Gasteiger partial charge in [-0.3, -0.25) is 10.00 Å². The van der Waals surface area contributed by atoms with E-state index < -0.39 is 0 Å². The quantitative estimate of drug-likeness (QED) is 0.901. The molecule has 102 valence electrons. The first-order valence-electron chi connectivity index (χ1n) is 6.84. The van der Waals surface area contributed by atoms with E-state index in [0.29, 0.717) is 5.92 Å². The number of thiophene rings is 1. The van der Waals surface area contributed by atoms with E-state index in [1.165, 1.54) is 30.5 Å². The smallest absolute Gasteiger partial charge is 0.0703 e. The van der Waals surface area contributed by atoms with Crippen LogP contribution in [-0.4, -0.2) is 34.7 Å². The van der Waals surface area contributed by atoms with Crippen molar-refractivity contribution >= 4 is 11.3 Å². The van der Waals surface area contributed by atoms with Gasteiger partial charge in [0.25, 0.3) is 0 Å². The second-order valence-corrected chi connectivity index (χ2v) is 6.04. The Hall–Kier alpha value is -1.17. The normalized spacial score (nSPS) is 20.8. The lowest BCUT2D eigenvalue weighted by Gasteiger charge is -2.31. The molecule has 1 saturated heterocycles. The average molecular weight is 276 g/mol. The Kier molecular flexibility index (Phi) is 3.96. The number of hydrogen-bond donors (Lipinski definition) is 2. The van der Waals surface area contributed by atoms with Gasteiger partial charge in [-0.2, -0.15) is 16.4 Å². The minimum Gasteiger partial charge on any atom is -0.330 e. The Labute approximate surface area is 117 Å². The summed E-state index contributed by atoms with van der Waals surface area (Å²) in [5.41, 5.74) is 9.49. The van der Waals surface area contributed by atoms with E-state index in [9.17, 15) is 0 Å². The summed E-state index contributed by atoms with van der Waals surface area (Å²) in [6, 6.07) is 2.14. The van der Waals surface area contributed by atoms with Crippen LogP contribution in [0.25, 0.3) is 11.3 Å². The van der Waals surface area contributed by atoms with Crippen molar-refractivity contribution in [3.8, 4) is 11.3 Å². The second-order valence-electron chi connectivity index (χ2n) is 5.26. The van der Waals surface area contributed by atoms with Crippen molar-refractivity contribution in [1.29, 1.82) is 0 Å². The zero-order valence-electron chi connectivity index (χ0n) is 11.0. The van der Waals surface area contributed by atoms with E-state index in [1.807, 2.05) is 6.20 Å². The van der Waals surface area contributed by atoms with E-state index in [4.69, 9.17) is 5.73 Å². The van der Waals surface area contributed by atoms with Crippen LogP contribution in [0.4, 0.5) is 0 Å². The molecule has 1 atom stereocenters. The first kappa shape index (κ1) is 12.8. The number of aromatic amines is 1. The van der Waals surface area contributed by atoms with Gasteiger partial charge in [0.2, 0.25) is 0 Å². The van der Waals surface area contributed by atoms with Gasteiger partial charge in [0.15, 0.2) is 0 Å². The fourth-order valence-electron chi connectivity index (χ4n) is 2.82. The van der Waals surface area contributed by atoms with Gasteiger partial charge in [-0.05, 0) is 43.3 Å². The van der Waals surface area contributed by atoms with Crippen molar-refractivity contribution in [3.63, 3.8) is 0 Å². The molecular formula is C14H20N4S. The number of likely N-dealkylation sites (tertiary alicyclic amines) is 1. The largest absolute Gasteiger partial charge is 0.330 e. The summed E-state index contributed by atoms with van der Waals surface area (Å²) in [6.45, 7) is 4.06. The fraction of sp³-hybridized carbons (Fsp3) is 0.500. The molecule has 0 aromatic carbocycles. The molecular weight excluding hydrogens is 256 g/mol. The van der Waals surface area contributed by atoms with Crippen LogP contribution in [0, 0.1) is 5.92 Å². The fourth-order valence-corrected chi connectivity index (χ4v) is 3.46. The third-order valence-electron chi connectivity index (χ3n) is 3.86. The van der Waals surface area contributed by atoms with Gasteiger partial charge in [-0.25, -0.2) is 0 Å². The van der Waals surface area contributed by atoms with Crippen LogP contribution in [0.3, 0.4) is 0 Å². The lowest BCUT2D eigenvalue weighted by Crippen LogP contribution is -2.37. The molecule has 3 N–H and O–H groups in total. The van der Waals surface area contributed by atoms with Gasteiger partial charge in [-0.1, -0.05) is 0 Å². The molecule has 3 heterocycles. The van der Waals surface area contributed by atoms with Gasteiger partial charge < -0.3 is 5.73 Å². The molecule has 3 rings (SSSR count). The monoisotopic (exact) mass is 276 g/mol. The average Bonchev–Trinajstić information content (AvgIpc) is 3.09. The summed E-state index contributed by atoms with van der Waals surface area (Å²) in [7, 11) is 0. The summed E-state index contributed by atoms with van der Waals surface area (Å²) >= 11 is 1.72. The number of hydrogen-bond acceptors (Lipinski definition) is 4. The molecule has 0 radical (unpaired) electrons. The maximum Gasteiger partial charge on any atom is 0.0703 e. The predicted molar refractivity (Wildman–Crippen MR) is 79.0 cm³/mol. The summed E-state index contributed by atoms with van der Waals surface area (Å²) < 4.78 is 0. The Morgan fingerprint density at radius 2 is 2.47 bits per heavy atom. The summed E-state index contributed by atoms with van der Waals surface area (Å²) in [5, 5.41) is 11.6. The Morgan fingerprint density at radius 1 is 1.53 bits per heavy atom. The van der Waals surface area contributed by atoms with Crippen molar-refractivity contribution in [2.24, 2.45) is 11.7 Å². The molecule has 1 aliphatic heterocycles. The second kappa shape index (κ2) is 5.86. The van der Waals surface area contributed by atoms with E-state index in [0.717, 1.165) is 25.3 Å². The third kappa shape index (κ3) is 2.88. The maximum atomic E-state index is 5.80. The number of H-pyrrole nitrogens is 1. The zero-order valence-corrected chi connectivity index (χ0v) is 11.8. The minimum absolute atomic E-state index is 0.658. The highest BCUT2D eigenvalue weighted by Crippen LogP contribution is 2.26. The van der Waals surface area contributed by atoms with Crippen LogP contribution in [-0.2, 0) is 6.54 Å². The number of aromatic nitrogens is 2. The zero-order chi connectivity index (χ0) is 13.1. The third-order valence-corrected chi connectivity index (χ3v) is 4.54. The lowest BCUT2D eigenvalue weighted by molar-refractivity contribution is 0.171. The molecule has 0 saturated carbocycles. The highest BCUT2D eigenvalue weighted by atomic mass is 32.1. The highest BCUT2D eigenvalue weighted by molar-refractivity contribution is 7.08. The van der Waals surface area contributed by atoms with E-state index in [1.54, 1.807) is 11.3 Å². The molecule has 0 spiro atoms. The van der Waals surface area contributed by atoms with Gasteiger partial charge in [0.1, 0.15) is 0 Å². The molecule has 4 nitrogen and oxygen atoms in total. The number of piperidine rings is 1. The molecule has 5 heteroatoms. The summed E-state index contributed by atoms with van der Waals surface area (Å²) in [4.78, 5) is 2.50. The van der Waals surface area contributed by atoms with Crippen LogP contribution >= 0.6 is 11.3 Å². The van der Waals surface area contributed by atoms with Crippen LogP contribution in [0.2, 0.25) is 0 Å². The molecule has 1 aliphatic rings. The Morgan fingerprint density at radius 3 is 3.26 bits per heavy atom. The maximum absolute atomic E-state index is 5.80. The number of nitrogens with two attached hydrogens (primary N) is 1. The van der Waals surface area contributed by atoms with Gasteiger partial charge in [-0.15, -0.1) is 0 Å². The van der Waals surface area contributed by atoms with E-state index in [-0.39, 0.29) is 0 Å². The van der Waals surface area contributed by atoms with Crippen LogP contribution in [0.15, 0.2) is 23.0 Å². The van der Waals surface area contributed by atoms with Crippen LogP contribution in [0.1, 0.15) is 18.4 Å². The topological polar surface area (TPSA) is 57.9 Å². The van der Waals surface area contributed by atoms with Crippen LogP contribution in [0.5, 0.6) is 0 Å². The molecule has 1 fully saturated rings.